The van der Waals surface area contributed by atoms with Gasteiger partial charge in [0.25, 0.3) is 0 Å². The van der Waals surface area contributed by atoms with Crippen LogP contribution < -0.4 is 5.32 Å². The molecule has 122 valence electrons. The average Bonchev–Trinajstić information content (AvgIpc) is 3.10. The van der Waals surface area contributed by atoms with Gasteiger partial charge in [0, 0.05) is 43.8 Å². The predicted molar refractivity (Wildman–Crippen MR) is 91.3 cm³/mol. The number of nitrogens with one attached hydrogen (secondary N) is 2. The third kappa shape index (κ3) is 2.55. The molecule has 6 nitrogen and oxygen atoms in total. The van der Waals surface area contributed by atoms with E-state index >= 15 is 0 Å². The molecule has 2 N–H and O–H groups in total. The maximum atomic E-state index is 12.9. The largest absolute Gasteiger partial charge is 0.348 e. The van der Waals surface area contributed by atoms with E-state index in [2.05, 4.69) is 20.3 Å². The van der Waals surface area contributed by atoms with Gasteiger partial charge in [0.2, 0.25) is 5.91 Å². The Balaban J connectivity index is 1.58. The van der Waals surface area contributed by atoms with Gasteiger partial charge in [0.15, 0.2) is 0 Å². The molecular weight excluding hydrogens is 302 g/mol. The molecule has 24 heavy (non-hydrogen) atoms. The van der Waals surface area contributed by atoms with Crippen LogP contribution in [0.1, 0.15) is 23.0 Å². The van der Waals surface area contributed by atoms with E-state index in [4.69, 9.17) is 0 Å². The predicted octanol–water partition coefficient (Wildman–Crippen LogP) is 1.80. The highest BCUT2D eigenvalue weighted by molar-refractivity contribution is 5.85. The summed E-state index contributed by atoms with van der Waals surface area (Å²) in [5.41, 5.74) is 3.91. The summed E-state index contributed by atoms with van der Waals surface area (Å²) in [5.74, 6) is 0.0314. The second-order valence-electron chi connectivity index (χ2n) is 6.08. The molecule has 0 radical (unpaired) electrons. The number of hydrogen-bond acceptors (Lipinski definition) is 4. The number of fused-ring (bicyclic) bond motifs is 2. The van der Waals surface area contributed by atoms with Crippen LogP contribution in [0.5, 0.6) is 0 Å². The number of imidazole rings is 1. The minimum atomic E-state index is -0.377. The van der Waals surface area contributed by atoms with Crippen molar-refractivity contribution >= 4 is 16.8 Å². The van der Waals surface area contributed by atoms with Gasteiger partial charge in [-0.2, -0.15) is 0 Å². The second kappa shape index (κ2) is 6.05. The Morgan fingerprint density at radius 2 is 2.21 bits per heavy atom. The summed E-state index contributed by atoms with van der Waals surface area (Å²) in [7, 11) is 1.83. The van der Waals surface area contributed by atoms with E-state index in [0.29, 0.717) is 6.54 Å². The molecule has 0 fully saturated rings. The molecular formula is C18H19N5O. The fourth-order valence-corrected chi connectivity index (χ4v) is 3.28. The molecule has 1 aliphatic heterocycles. The van der Waals surface area contributed by atoms with E-state index in [0.717, 1.165) is 40.8 Å². The van der Waals surface area contributed by atoms with Crippen LogP contribution in [0.15, 0.2) is 42.9 Å². The Morgan fingerprint density at radius 1 is 1.29 bits per heavy atom. The zero-order valence-electron chi connectivity index (χ0n) is 13.5. The lowest BCUT2D eigenvalue weighted by Crippen LogP contribution is -2.42. The molecule has 1 unspecified atom stereocenters. The van der Waals surface area contributed by atoms with Crippen molar-refractivity contribution in [3.63, 3.8) is 0 Å². The Bertz CT molecular complexity index is 883. The molecule has 0 spiro atoms. The molecule has 0 bridgehead atoms. The lowest BCUT2D eigenvalue weighted by Gasteiger charge is -2.27. The van der Waals surface area contributed by atoms with Crippen LogP contribution in [-0.4, -0.2) is 39.4 Å². The van der Waals surface area contributed by atoms with Crippen LogP contribution in [0.25, 0.3) is 10.9 Å². The van der Waals surface area contributed by atoms with Crippen LogP contribution in [0.4, 0.5) is 0 Å². The van der Waals surface area contributed by atoms with Crippen molar-refractivity contribution in [3.8, 4) is 0 Å². The molecule has 6 heteroatoms. The van der Waals surface area contributed by atoms with E-state index in [9.17, 15) is 4.79 Å². The van der Waals surface area contributed by atoms with Crippen molar-refractivity contribution in [2.75, 3.05) is 13.6 Å². The minimum absolute atomic E-state index is 0.0314. The number of carbonyl (C=O) groups is 1. The van der Waals surface area contributed by atoms with Gasteiger partial charge in [-0.25, -0.2) is 4.98 Å². The first-order chi connectivity index (χ1) is 11.7. The van der Waals surface area contributed by atoms with Gasteiger partial charge >= 0.3 is 0 Å². The highest BCUT2D eigenvalue weighted by atomic mass is 16.2. The Kier molecular flexibility index (Phi) is 3.74. The number of hydrogen-bond donors (Lipinski definition) is 2. The number of nitrogens with zero attached hydrogens (tertiary/aromatic N) is 3. The second-order valence-corrected chi connectivity index (χ2v) is 6.08. The van der Waals surface area contributed by atoms with Gasteiger partial charge in [0.1, 0.15) is 6.04 Å². The molecule has 3 aromatic rings. The number of likely N-dealkylation sites (N-methyl/N-ethyl adjacent to an activating group) is 1. The Labute approximate surface area is 139 Å². The van der Waals surface area contributed by atoms with Crippen LogP contribution in [0, 0.1) is 0 Å². The average molecular weight is 321 g/mol. The lowest BCUT2D eigenvalue weighted by molar-refractivity contribution is -0.133. The topological polar surface area (TPSA) is 73.9 Å². The Morgan fingerprint density at radius 3 is 3.12 bits per heavy atom. The lowest BCUT2D eigenvalue weighted by atomic mass is 10.0. The Hall–Kier alpha value is -2.73. The number of benzene rings is 1. The molecule has 0 saturated carbocycles. The van der Waals surface area contributed by atoms with Crippen molar-refractivity contribution in [3.05, 3.63) is 59.8 Å². The molecule has 1 amide bonds. The van der Waals surface area contributed by atoms with Crippen molar-refractivity contribution < 1.29 is 4.79 Å². The van der Waals surface area contributed by atoms with Gasteiger partial charge in [-0.3, -0.25) is 9.78 Å². The number of pyridine rings is 1. The number of aromatic amines is 1. The van der Waals surface area contributed by atoms with Crippen molar-refractivity contribution in [1.82, 2.24) is 25.2 Å². The van der Waals surface area contributed by atoms with Gasteiger partial charge in [-0.1, -0.05) is 18.2 Å². The minimum Gasteiger partial charge on any atom is -0.348 e. The molecule has 1 atom stereocenters. The zero-order chi connectivity index (χ0) is 16.5. The van der Waals surface area contributed by atoms with E-state index in [-0.39, 0.29) is 11.9 Å². The van der Waals surface area contributed by atoms with Crippen LogP contribution in [-0.2, 0) is 17.8 Å². The van der Waals surface area contributed by atoms with Gasteiger partial charge in [-0.05, 0) is 17.7 Å². The maximum absolute atomic E-state index is 12.9. The van der Waals surface area contributed by atoms with Crippen LogP contribution in [0.3, 0.4) is 0 Å². The first kappa shape index (κ1) is 14.8. The summed E-state index contributed by atoms with van der Waals surface area (Å²) in [6.45, 7) is 1.32. The van der Waals surface area contributed by atoms with Crippen LogP contribution in [0.2, 0.25) is 0 Å². The molecule has 4 rings (SSSR count). The molecule has 1 aliphatic rings. The van der Waals surface area contributed by atoms with Crippen molar-refractivity contribution in [2.24, 2.45) is 0 Å². The fraction of sp³-hybridized carbons (Fsp3) is 0.278. The number of carbonyl (C=O) groups excluding carboxylic acids is 1. The summed E-state index contributed by atoms with van der Waals surface area (Å²) < 4.78 is 0. The van der Waals surface area contributed by atoms with Gasteiger partial charge in [-0.15, -0.1) is 0 Å². The summed E-state index contributed by atoms with van der Waals surface area (Å²) in [5, 5.41) is 4.36. The maximum Gasteiger partial charge on any atom is 0.246 e. The third-order valence-corrected chi connectivity index (χ3v) is 4.52. The standard InChI is InChI=1S/C18H19N5O/c1-23(10-12-4-2-6-14-13(12)5-3-8-19-14)18(24)17-16-15(7-9-20-17)21-11-22-16/h2-6,8,11,17,20H,7,9-10H2,1H3,(H,21,22). The number of amides is 1. The highest BCUT2D eigenvalue weighted by Crippen LogP contribution is 2.23. The summed E-state index contributed by atoms with van der Waals surface area (Å²) in [4.78, 5) is 26.5. The molecule has 0 saturated heterocycles. The smallest absolute Gasteiger partial charge is 0.246 e. The van der Waals surface area contributed by atoms with E-state index in [1.807, 2.05) is 37.4 Å². The fourth-order valence-electron chi connectivity index (χ4n) is 3.28. The first-order valence-corrected chi connectivity index (χ1v) is 8.07. The van der Waals surface area contributed by atoms with Crippen molar-refractivity contribution in [1.29, 1.82) is 0 Å². The molecule has 2 aromatic heterocycles. The van der Waals surface area contributed by atoms with E-state index in [1.165, 1.54) is 0 Å². The summed E-state index contributed by atoms with van der Waals surface area (Å²) in [6, 6.07) is 9.60. The summed E-state index contributed by atoms with van der Waals surface area (Å²) >= 11 is 0. The molecule has 1 aromatic carbocycles. The van der Waals surface area contributed by atoms with Gasteiger partial charge in [0.05, 0.1) is 17.5 Å². The number of H-pyrrole nitrogens is 1. The normalized spacial score (nSPS) is 16.8. The third-order valence-electron chi connectivity index (χ3n) is 4.52. The summed E-state index contributed by atoms with van der Waals surface area (Å²) in [6.07, 6.45) is 4.32. The van der Waals surface area contributed by atoms with Crippen molar-refractivity contribution in [2.45, 2.75) is 19.0 Å². The van der Waals surface area contributed by atoms with Gasteiger partial charge < -0.3 is 15.2 Å². The number of rotatable bonds is 3. The van der Waals surface area contributed by atoms with Crippen LogP contribution >= 0.6 is 0 Å². The first-order valence-electron chi connectivity index (χ1n) is 8.07. The highest BCUT2D eigenvalue weighted by Gasteiger charge is 2.30. The molecule has 3 heterocycles. The molecule has 0 aliphatic carbocycles. The number of aromatic nitrogens is 3. The SMILES string of the molecule is CN(Cc1cccc2ncccc12)C(=O)C1NCCc2[nH]cnc21. The monoisotopic (exact) mass is 321 g/mol. The quantitative estimate of drug-likeness (QED) is 0.771. The van der Waals surface area contributed by atoms with E-state index < -0.39 is 0 Å². The zero-order valence-corrected chi connectivity index (χ0v) is 13.5. The van der Waals surface area contributed by atoms with E-state index in [1.54, 1.807) is 17.4 Å².